The number of hydrogen-bond acceptors (Lipinski definition) is 4. The number of aromatic nitrogens is 1. The van der Waals surface area contributed by atoms with Crippen molar-refractivity contribution in [2.24, 2.45) is 5.10 Å². The second kappa shape index (κ2) is 4.88. The van der Waals surface area contributed by atoms with Crippen LogP contribution in [0.25, 0.3) is 0 Å². The molecule has 5 heteroatoms. The molecule has 2 heterocycles. The summed E-state index contributed by atoms with van der Waals surface area (Å²) in [6, 6.07) is 6.77. The van der Waals surface area contributed by atoms with Crippen molar-refractivity contribution in [2.45, 2.75) is 0 Å². The molecule has 0 fully saturated rings. The standard InChI is InChI=1S/C11H9N3O2/c15-11(10-2-1-7-16-10)14-13-8-9-3-5-12-6-4-9/h1-8H,(H,14,15)/b13-8+. The molecule has 1 N–H and O–H groups in total. The number of hydrazone groups is 1. The predicted octanol–water partition coefficient (Wildman–Crippen LogP) is 1.44. The van der Waals surface area contributed by atoms with Crippen molar-refractivity contribution < 1.29 is 9.21 Å². The van der Waals surface area contributed by atoms with E-state index in [1.165, 1.54) is 12.5 Å². The van der Waals surface area contributed by atoms with Gasteiger partial charge in [-0.3, -0.25) is 9.78 Å². The van der Waals surface area contributed by atoms with Crippen LogP contribution in [0.15, 0.2) is 52.4 Å². The maximum Gasteiger partial charge on any atom is 0.307 e. The number of carbonyl (C=O) groups is 1. The second-order valence-corrected chi connectivity index (χ2v) is 2.96. The molecule has 0 unspecified atom stereocenters. The van der Waals surface area contributed by atoms with Gasteiger partial charge in [0.15, 0.2) is 5.76 Å². The number of rotatable bonds is 3. The molecule has 0 saturated heterocycles. The molecule has 0 aliphatic heterocycles. The van der Waals surface area contributed by atoms with Crippen LogP contribution in [0.4, 0.5) is 0 Å². The zero-order chi connectivity index (χ0) is 11.2. The van der Waals surface area contributed by atoms with Crippen molar-refractivity contribution in [1.29, 1.82) is 0 Å². The Bertz CT molecular complexity index is 477. The van der Waals surface area contributed by atoms with E-state index >= 15 is 0 Å². The van der Waals surface area contributed by atoms with E-state index in [-0.39, 0.29) is 11.7 Å². The number of amides is 1. The number of nitrogens with one attached hydrogen (secondary N) is 1. The third kappa shape index (κ3) is 2.54. The molecular weight excluding hydrogens is 206 g/mol. The summed E-state index contributed by atoms with van der Waals surface area (Å²) in [5.74, 6) is -0.151. The molecule has 80 valence electrons. The summed E-state index contributed by atoms with van der Waals surface area (Å²) in [6.07, 6.45) is 6.26. The van der Waals surface area contributed by atoms with Crippen LogP contribution in [-0.2, 0) is 0 Å². The Balaban J connectivity index is 1.93. The SMILES string of the molecule is O=C(N/N=C/c1ccncc1)c1ccco1. The topological polar surface area (TPSA) is 67.5 Å². The monoisotopic (exact) mass is 215 g/mol. The second-order valence-electron chi connectivity index (χ2n) is 2.96. The highest BCUT2D eigenvalue weighted by atomic mass is 16.3. The Kier molecular flexibility index (Phi) is 3.08. The lowest BCUT2D eigenvalue weighted by atomic mass is 10.3. The van der Waals surface area contributed by atoms with E-state index in [1.807, 2.05) is 0 Å². The molecule has 0 aliphatic carbocycles. The van der Waals surface area contributed by atoms with Gasteiger partial charge in [0, 0.05) is 12.4 Å². The fraction of sp³-hybridized carbons (Fsp3) is 0. The van der Waals surface area contributed by atoms with Gasteiger partial charge in [0.05, 0.1) is 12.5 Å². The van der Waals surface area contributed by atoms with Gasteiger partial charge >= 0.3 is 5.91 Å². The molecule has 0 atom stereocenters. The van der Waals surface area contributed by atoms with E-state index in [2.05, 4.69) is 15.5 Å². The van der Waals surface area contributed by atoms with E-state index in [9.17, 15) is 4.79 Å². The average molecular weight is 215 g/mol. The first-order valence-corrected chi connectivity index (χ1v) is 4.63. The lowest BCUT2D eigenvalue weighted by Crippen LogP contribution is -2.16. The first kappa shape index (κ1) is 10.1. The van der Waals surface area contributed by atoms with Crippen LogP contribution in [0.3, 0.4) is 0 Å². The summed E-state index contributed by atoms with van der Waals surface area (Å²) in [6.45, 7) is 0. The van der Waals surface area contributed by atoms with Crippen molar-refractivity contribution in [3.63, 3.8) is 0 Å². The number of pyridine rings is 1. The fourth-order valence-corrected chi connectivity index (χ4v) is 1.08. The molecule has 0 radical (unpaired) electrons. The first-order valence-electron chi connectivity index (χ1n) is 4.63. The summed E-state index contributed by atoms with van der Waals surface area (Å²) in [7, 11) is 0. The van der Waals surface area contributed by atoms with Crippen LogP contribution in [-0.4, -0.2) is 17.1 Å². The summed E-state index contributed by atoms with van der Waals surface area (Å²) in [5.41, 5.74) is 3.21. The molecule has 2 aromatic heterocycles. The molecule has 16 heavy (non-hydrogen) atoms. The molecule has 5 nitrogen and oxygen atoms in total. The van der Waals surface area contributed by atoms with Crippen molar-refractivity contribution >= 4 is 12.1 Å². The van der Waals surface area contributed by atoms with Crippen LogP contribution in [0, 0.1) is 0 Å². The third-order valence-corrected chi connectivity index (χ3v) is 1.83. The van der Waals surface area contributed by atoms with Gasteiger partial charge in [-0.25, -0.2) is 5.43 Å². The van der Waals surface area contributed by atoms with Gasteiger partial charge in [-0.15, -0.1) is 0 Å². The maximum absolute atomic E-state index is 11.4. The summed E-state index contributed by atoms with van der Waals surface area (Å²) in [4.78, 5) is 15.2. The predicted molar refractivity (Wildman–Crippen MR) is 58.0 cm³/mol. The summed E-state index contributed by atoms with van der Waals surface area (Å²) < 4.78 is 4.90. The quantitative estimate of drug-likeness (QED) is 0.622. The lowest BCUT2D eigenvalue weighted by molar-refractivity contribution is 0.0927. The van der Waals surface area contributed by atoms with Crippen LogP contribution in [0.5, 0.6) is 0 Å². The lowest BCUT2D eigenvalue weighted by Gasteiger charge is -1.94. The number of nitrogens with zero attached hydrogens (tertiary/aromatic N) is 2. The Morgan fingerprint density at radius 3 is 2.88 bits per heavy atom. The van der Waals surface area contributed by atoms with E-state index < -0.39 is 0 Å². The van der Waals surface area contributed by atoms with Gasteiger partial charge in [0.25, 0.3) is 0 Å². The van der Waals surface area contributed by atoms with Gasteiger partial charge in [-0.2, -0.15) is 5.10 Å². The molecule has 0 bridgehead atoms. The van der Waals surface area contributed by atoms with E-state index in [0.717, 1.165) is 5.56 Å². The highest BCUT2D eigenvalue weighted by molar-refractivity contribution is 5.92. The molecule has 0 aliphatic rings. The molecule has 0 saturated carbocycles. The summed E-state index contributed by atoms with van der Waals surface area (Å²) in [5, 5.41) is 3.79. The number of furan rings is 1. The van der Waals surface area contributed by atoms with Gasteiger partial charge in [-0.1, -0.05) is 0 Å². The summed E-state index contributed by atoms with van der Waals surface area (Å²) >= 11 is 0. The van der Waals surface area contributed by atoms with E-state index in [4.69, 9.17) is 4.42 Å². The Hall–Kier alpha value is -2.43. The normalized spacial score (nSPS) is 10.5. The maximum atomic E-state index is 11.4. The van der Waals surface area contributed by atoms with Crippen LogP contribution >= 0.6 is 0 Å². The third-order valence-electron chi connectivity index (χ3n) is 1.83. The molecule has 0 spiro atoms. The highest BCUT2D eigenvalue weighted by Crippen LogP contribution is 1.98. The Morgan fingerprint density at radius 2 is 2.19 bits per heavy atom. The van der Waals surface area contributed by atoms with Crippen molar-refractivity contribution in [2.75, 3.05) is 0 Å². The van der Waals surface area contributed by atoms with E-state index in [1.54, 1.807) is 36.7 Å². The minimum absolute atomic E-state index is 0.229. The fourth-order valence-electron chi connectivity index (χ4n) is 1.08. The number of hydrogen-bond donors (Lipinski definition) is 1. The van der Waals surface area contributed by atoms with Crippen molar-refractivity contribution in [3.8, 4) is 0 Å². The smallest absolute Gasteiger partial charge is 0.307 e. The zero-order valence-electron chi connectivity index (χ0n) is 8.33. The number of carbonyl (C=O) groups excluding carboxylic acids is 1. The zero-order valence-corrected chi connectivity index (χ0v) is 8.33. The van der Waals surface area contributed by atoms with Crippen molar-refractivity contribution in [3.05, 3.63) is 54.2 Å². The van der Waals surface area contributed by atoms with Crippen molar-refractivity contribution in [1.82, 2.24) is 10.4 Å². The Labute approximate surface area is 91.8 Å². The Morgan fingerprint density at radius 1 is 1.38 bits per heavy atom. The molecular formula is C11H9N3O2. The minimum atomic E-state index is -0.379. The molecule has 2 rings (SSSR count). The average Bonchev–Trinajstić information content (AvgIpc) is 2.84. The minimum Gasteiger partial charge on any atom is -0.459 e. The van der Waals surface area contributed by atoms with Gasteiger partial charge in [0.1, 0.15) is 0 Å². The van der Waals surface area contributed by atoms with Gasteiger partial charge < -0.3 is 4.42 Å². The molecule has 2 aromatic rings. The van der Waals surface area contributed by atoms with Gasteiger partial charge in [-0.05, 0) is 29.8 Å². The van der Waals surface area contributed by atoms with Crippen LogP contribution in [0.2, 0.25) is 0 Å². The molecule has 0 aromatic carbocycles. The largest absolute Gasteiger partial charge is 0.459 e. The van der Waals surface area contributed by atoms with Gasteiger partial charge in [0.2, 0.25) is 0 Å². The first-order chi connectivity index (χ1) is 7.86. The van der Waals surface area contributed by atoms with E-state index in [0.29, 0.717) is 0 Å². The molecule has 1 amide bonds. The van der Waals surface area contributed by atoms with Crippen LogP contribution in [0.1, 0.15) is 16.1 Å². The highest BCUT2D eigenvalue weighted by Gasteiger charge is 2.05. The van der Waals surface area contributed by atoms with Crippen LogP contribution < -0.4 is 5.43 Å².